The fourth-order valence-corrected chi connectivity index (χ4v) is 3.98. The molecule has 0 aliphatic heterocycles. The summed E-state index contributed by atoms with van der Waals surface area (Å²) in [7, 11) is 1.57. The molecular formula is C27H23N5O3. The average molecular weight is 466 g/mol. The van der Waals surface area contributed by atoms with E-state index in [4.69, 9.17) is 4.74 Å². The van der Waals surface area contributed by atoms with Gasteiger partial charge in [0, 0.05) is 28.9 Å². The second-order valence-electron chi connectivity index (χ2n) is 7.91. The quantitative estimate of drug-likeness (QED) is 0.330. The van der Waals surface area contributed by atoms with E-state index in [1.807, 2.05) is 78.9 Å². The van der Waals surface area contributed by atoms with Crippen LogP contribution in [0, 0.1) is 0 Å². The molecule has 8 heteroatoms. The Labute approximate surface area is 201 Å². The number of ether oxygens (including phenoxy) is 1. The number of rotatable bonds is 6. The highest BCUT2D eigenvalue weighted by Crippen LogP contribution is 2.31. The van der Waals surface area contributed by atoms with Gasteiger partial charge in [-0.3, -0.25) is 20.4 Å². The number of aromatic amines is 1. The minimum Gasteiger partial charge on any atom is -0.496 e. The van der Waals surface area contributed by atoms with Gasteiger partial charge in [0.15, 0.2) is 0 Å². The van der Waals surface area contributed by atoms with Gasteiger partial charge in [-0.15, -0.1) is 0 Å². The van der Waals surface area contributed by atoms with Crippen LogP contribution in [0.1, 0.15) is 15.9 Å². The lowest BCUT2D eigenvalue weighted by molar-refractivity contribution is -0.121. The van der Waals surface area contributed by atoms with Crippen LogP contribution in [0.4, 0.5) is 0 Å². The first-order chi connectivity index (χ1) is 17.1. The Kier molecular flexibility index (Phi) is 6.00. The van der Waals surface area contributed by atoms with Crippen LogP contribution < -0.4 is 15.6 Å². The van der Waals surface area contributed by atoms with E-state index in [1.54, 1.807) is 24.2 Å². The van der Waals surface area contributed by atoms with Gasteiger partial charge in [-0.05, 0) is 35.9 Å². The van der Waals surface area contributed by atoms with Crippen LogP contribution in [0.15, 0.2) is 91.3 Å². The fourth-order valence-electron chi connectivity index (χ4n) is 3.98. The van der Waals surface area contributed by atoms with Gasteiger partial charge in [-0.25, -0.2) is 4.68 Å². The predicted octanol–water partition coefficient (Wildman–Crippen LogP) is 4.03. The minimum absolute atomic E-state index is 0.118. The van der Waals surface area contributed by atoms with Crippen LogP contribution in [0.3, 0.4) is 0 Å². The smallest absolute Gasteiger partial charge is 0.273 e. The first-order valence-corrected chi connectivity index (χ1v) is 11.1. The summed E-state index contributed by atoms with van der Waals surface area (Å²) in [5, 5.41) is 5.63. The Morgan fingerprint density at radius 2 is 1.69 bits per heavy atom. The lowest BCUT2D eigenvalue weighted by Crippen LogP contribution is -2.42. The topological polar surface area (TPSA) is 101 Å². The van der Waals surface area contributed by atoms with Crippen molar-refractivity contribution in [3.8, 4) is 22.7 Å². The molecular weight excluding hydrogens is 442 g/mol. The summed E-state index contributed by atoms with van der Waals surface area (Å²) in [6.07, 6.45) is 3.56. The summed E-state index contributed by atoms with van der Waals surface area (Å²) in [5.74, 6) is -0.235. The average Bonchev–Trinajstić information content (AvgIpc) is 3.53. The molecule has 0 radical (unpaired) electrons. The molecule has 0 spiro atoms. The third-order valence-electron chi connectivity index (χ3n) is 5.68. The van der Waals surface area contributed by atoms with Gasteiger partial charge < -0.3 is 9.72 Å². The van der Waals surface area contributed by atoms with Gasteiger partial charge in [-0.2, -0.15) is 5.10 Å². The number of nitrogens with zero attached hydrogens (tertiary/aromatic N) is 2. The first-order valence-electron chi connectivity index (χ1n) is 11.1. The molecule has 0 fully saturated rings. The van der Waals surface area contributed by atoms with Crippen LogP contribution >= 0.6 is 0 Å². The van der Waals surface area contributed by atoms with E-state index in [0.717, 1.165) is 22.2 Å². The van der Waals surface area contributed by atoms with Gasteiger partial charge in [-0.1, -0.05) is 48.5 Å². The zero-order valence-corrected chi connectivity index (χ0v) is 19.0. The second-order valence-corrected chi connectivity index (χ2v) is 7.91. The van der Waals surface area contributed by atoms with E-state index in [9.17, 15) is 9.59 Å². The number of nitrogens with one attached hydrogen (secondary N) is 3. The highest BCUT2D eigenvalue weighted by Gasteiger charge is 2.21. The molecule has 0 saturated carbocycles. The van der Waals surface area contributed by atoms with Gasteiger partial charge in [0.05, 0.1) is 24.8 Å². The number of hydrogen-bond acceptors (Lipinski definition) is 4. The van der Waals surface area contributed by atoms with E-state index < -0.39 is 5.91 Å². The number of amides is 2. The van der Waals surface area contributed by atoms with Crippen LogP contribution in [0.25, 0.3) is 27.8 Å². The van der Waals surface area contributed by atoms with Gasteiger partial charge in [0.25, 0.3) is 5.91 Å². The second kappa shape index (κ2) is 9.56. The Bertz CT molecular complexity index is 1500. The molecule has 0 saturated heterocycles. The number of aromatic nitrogens is 3. The lowest BCUT2D eigenvalue weighted by atomic mass is 10.1. The van der Waals surface area contributed by atoms with Gasteiger partial charge in [0.2, 0.25) is 5.91 Å². The molecule has 0 aliphatic carbocycles. The number of hydrazine groups is 1. The molecule has 0 bridgehead atoms. The number of fused-ring (bicyclic) bond motifs is 1. The summed E-state index contributed by atoms with van der Waals surface area (Å²) >= 11 is 0. The summed E-state index contributed by atoms with van der Waals surface area (Å²) in [5.41, 5.74) is 9.05. The molecule has 2 aromatic heterocycles. The molecule has 5 aromatic rings. The van der Waals surface area contributed by atoms with Gasteiger partial charge in [0.1, 0.15) is 11.4 Å². The van der Waals surface area contributed by atoms with Crippen molar-refractivity contribution < 1.29 is 14.3 Å². The summed E-state index contributed by atoms with van der Waals surface area (Å²) in [4.78, 5) is 28.9. The Morgan fingerprint density at radius 3 is 2.51 bits per heavy atom. The third kappa shape index (κ3) is 4.49. The molecule has 2 heterocycles. The molecule has 8 nitrogen and oxygen atoms in total. The van der Waals surface area contributed by atoms with Crippen molar-refractivity contribution in [3.63, 3.8) is 0 Å². The molecule has 3 N–H and O–H groups in total. The van der Waals surface area contributed by atoms with Crippen molar-refractivity contribution in [1.82, 2.24) is 25.6 Å². The van der Waals surface area contributed by atoms with Crippen molar-refractivity contribution in [3.05, 3.63) is 102 Å². The zero-order chi connectivity index (χ0) is 24.2. The Balaban J connectivity index is 1.39. The van der Waals surface area contributed by atoms with E-state index in [-0.39, 0.29) is 12.3 Å². The van der Waals surface area contributed by atoms with E-state index in [2.05, 4.69) is 20.9 Å². The van der Waals surface area contributed by atoms with E-state index >= 15 is 0 Å². The standard InChI is InChI=1S/C27H23N5O3/c1-35-24-14-8-6-12-21(24)26-22(17-32(31-26)19-9-3-2-4-10-19)27(34)30-29-25(33)15-18-16-28-23-13-7-5-11-20(18)23/h2-14,16-17,28H,15H2,1H3,(H,29,33)(H,30,34). The molecule has 3 aromatic carbocycles. The van der Waals surface area contributed by atoms with Crippen molar-refractivity contribution in [2.24, 2.45) is 0 Å². The summed E-state index contributed by atoms with van der Waals surface area (Å²) in [6, 6.07) is 24.6. The third-order valence-corrected chi connectivity index (χ3v) is 5.68. The monoisotopic (exact) mass is 465 g/mol. The molecule has 0 aliphatic rings. The molecule has 0 atom stereocenters. The van der Waals surface area contributed by atoms with E-state index in [1.165, 1.54) is 0 Å². The Morgan fingerprint density at radius 1 is 0.943 bits per heavy atom. The lowest BCUT2D eigenvalue weighted by Gasteiger charge is -2.09. The number of para-hydroxylation sites is 3. The molecule has 35 heavy (non-hydrogen) atoms. The van der Waals surface area contributed by atoms with Crippen molar-refractivity contribution in [1.29, 1.82) is 0 Å². The summed E-state index contributed by atoms with van der Waals surface area (Å²) < 4.78 is 7.12. The molecule has 0 unspecified atom stereocenters. The van der Waals surface area contributed by atoms with Crippen molar-refractivity contribution in [2.45, 2.75) is 6.42 Å². The zero-order valence-electron chi connectivity index (χ0n) is 19.0. The number of hydrogen-bond donors (Lipinski definition) is 3. The maximum atomic E-state index is 13.2. The first kappa shape index (κ1) is 22.0. The van der Waals surface area contributed by atoms with Crippen LogP contribution in [0.2, 0.25) is 0 Å². The highest BCUT2D eigenvalue weighted by atomic mass is 16.5. The number of H-pyrrole nitrogens is 1. The maximum absolute atomic E-state index is 13.2. The number of benzene rings is 3. The van der Waals surface area contributed by atoms with E-state index in [0.29, 0.717) is 22.6 Å². The van der Waals surface area contributed by atoms with Crippen LogP contribution in [-0.2, 0) is 11.2 Å². The van der Waals surface area contributed by atoms with Crippen molar-refractivity contribution >= 4 is 22.7 Å². The molecule has 5 rings (SSSR count). The summed E-state index contributed by atoms with van der Waals surface area (Å²) in [6.45, 7) is 0. The highest BCUT2D eigenvalue weighted by molar-refractivity contribution is 6.01. The number of carbonyl (C=O) groups excluding carboxylic acids is 2. The fraction of sp³-hybridized carbons (Fsp3) is 0.0741. The van der Waals surface area contributed by atoms with Crippen LogP contribution in [-0.4, -0.2) is 33.7 Å². The molecule has 174 valence electrons. The number of carbonyl (C=O) groups is 2. The van der Waals surface area contributed by atoms with Gasteiger partial charge >= 0.3 is 0 Å². The maximum Gasteiger partial charge on any atom is 0.273 e. The number of methoxy groups -OCH3 is 1. The largest absolute Gasteiger partial charge is 0.496 e. The Hall–Kier alpha value is -4.85. The SMILES string of the molecule is COc1ccccc1-c1nn(-c2ccccc2)cc1C(=O)NNC(=O)Cc1c[nH]c2ccccc12. The van der Waals surface area contributed by atoms with Crippen molar-refractivity contribution in [2.75, 3.05) is 7.11 Å². The minimum atomic E-state index is -0.486. The van der Waals surface area contributed by atoms with Crippen LogP contribution in [0.5, 0.6) is 5.75 Å². The predicted molar refractivity (Wildman–Crippen MR) is 133 cm³/mol. The normalized spacial score (nSPS) is 10.8. The molecule has 2 amide bonds.